The molecule has 0 amide bonds. The van der Waals surface area contributed by atoms with E-state index in [4.69, 9.17) is 4.42 Å². The molecule has 0 saturated heterocycles. The lowest BCUT2D eigenvalue weighted by Crippen LogP contribution is -2.31. The molecule has 0 atom stereocenters. The Morgan fingerprint density at radius 3 is 2.62 bits per heavy atom. The number of para-hydroxylation sites is 1. The first kappa shape index (κ1) is 14.5. The summed E-state index contributed by atoms with van der Waals surface area (Å²) in [5.41, 5.74) is 6.57. The maximum atomic E-state index is 9.52. The fourth-order valence-electron chi connectivity index (χ4n) is 3.45. The average molecular weight is 313 g/mol. The number of furan rings is 1. The van der Waals surface area contributed by atoms with Crippen LogP contribution >= 0.6 is 0 Å². The van der Waals surface area contributed by atoms with Crippen molar-refractivity contribution < 1.29 is 8.98 Å². The van der Waals surface area contributed by atoms with Crippen LogP contribution in [0.25, 0.3) is 33.2 Å². The molecule has 3 heteroatoms. The molecule has 2 heterocycles. The molecule has 0 bridgehead atoms. The molecule has 24 heavy (non-hydrogen) atoms. The fourth-order valence-corrected chi connectivity index (χ4v) is 3.45. The Balaban J connectivity index is 2.23. The van der Waals surface area contributed by atoms with Gasteiger partial charge in [-0.2, -0.15) is 5.26 Å². The topological polar surface area (TPSA) is 40.8 Å². The van der Waals surface area contributed by atoms with E-state index in [0.29, 0.717) is 11.1 Å². The minimum Gasteiger partial charge on any atom is -0.455 e. The molecule has 2 aromatic heterocycles. The smallest absolute Gasteiger partial charge is 0.213 e. The lowest BCUT2D eigenvalue weighted by Gasteiger charge is -2.08. The van der Waals surface area contributed by atoms with Crippen LogP contribution in [0.4, 0.5) is 0 Å². The van der Waals surface area contributed by atoms with Crippen LogP contribution in [0.2, 0.25) is 0 Å². The van der Waals surface area contributed by atoms with Gasteiger partial charge in [0.1, 0.15) is 18.7 Å². The second-order valence-corrected chi connectivity index (χ2v) is 6.23. The Morgan fingerprint density at radius 1 is 1.08 bits per heavy atom. The number of aromatic nitrogens is 1. The zero-order valence-corrected chi connectivity index (χ0v) is 13.9. The highest BCUT2D eigenvalue weighted by atomic mass is 16.3. The van der Waals surface area contributed by atoms with Crippen LogP contribution in [-0.2, 0) is 7.05 Å². The zero-order valence-electron chi connectivity index (χ0n) is 13.9. The predicted octanol–water partition coefficient (Wildman–Crippen LogP) is 4.57. The van der Waals surface area contributed by atoms with Gasteiger partial charge in [0.25, 0.3) is 0 Å². The highest BCUT2D eigenvalue weighted by Gasteiger charge is 2.22. The number of pyridine rings is 1. The summed E-state index contributed by atoms with van der Waals surface area (Å²) in [7, 11) is 2.05. The predicted molar refractivity (Wildman–Crippen MR) is 94.5 cm³/mol. The second kappa shape index (κ2) is 5.21. The third kappa shape index (κ3) is 2.00. The van der Waals surface area contributed by atoms with E-state index in [1.54, 1.807) is 0 Å². The van der Waals surface area contributed by atoms with Crippen molar-refractivity contribution in [3.63, 3.8) is 0 Å². The molecular weight excluding hydrogens is 296 g/mol. The molecule has 3 nitrogen and oxygen atoms in total. The quantitative estimate of drug-likeness (QED) is 0.483. The van der Waals surface area contributed by atoms with E-state index in [1.165, 1.54) is 5.56 Å². The third-order valence-electron chi connectivity index (χ3n) is 4.50. The summed E-state index contributed by atoms with van der Waals surface area (Å²) in [5, 5.41) is 11.6. The van der Waals surface area contributed by atoms with Crippen molar-refractivity contribution in [3.05, 3.63) is 65.4 Å². The molecule has 0 saturated carbocycles. The van der Waals surface area contributed by atoms with Crippen molar-refractivity contribution in [2.45, 2.75) is 13.8 Å². The summed E-state index contributed by atoms with van der Waals surface area (Å²) in [6.07, 6.45) is 2.11. The van der Waals surface area contributed by atoms with Gasteiger partial charge in [-0.25, -0.2) is 4.57 Å². The Morgan fingerprint density at radius 2 is 1.88 bits per heavy atom. The number of hydrogen-bond donors (Lipinski definition) is 0. The molecule has 0 unspecified atom stereocenters. The minimum atomic E-state index is 0.581. The maximum Gasteiger partial charge on any atom is 0.213 e. The number of fused-ring (bicyclic) bond motifs is 3. The largest absolute Gasteiger partial charge is 0.455 e. The molecule has 0 radical (unpaired) electrons. The summed E-state index contributed by atoms with van der Waals surface area (Å²) < 4.78 is 8.15. The monoisotopic (exact) mass is 313 g/mol. The molecule has 0 spiro atoms. The van der Waals surface area contributed by atoms with E-state index in [0.717, 1.165) is 33.2 Å². The number of hydrogen-bond acceptors (Lipinski definition) is 2. The molecule has 116 valence electrons. The molecule has 4 aromatic rings. The van der Waals surface area contributed by atoms with Crippen LogP contribution < -0.4 is 4.57 Å². The standard InChI is InChI=1S/C21H17N2O/c1-13-8-9-17(23(3)12-13)19-14(2)10-15(11-22)21-20(19)16-6-4-5-7-18(16)24-21/h4-10,12H,1-3H3/q+1. The van der Waals surface area contributed by atoms with E-state index in [1.807, 2.05) is 31.3 Å². The van der Waals surface area contributed by atoms with E-state index in [2.05, 4.69) is 48.9 Å². The number of rotatable bonds is 1. The van der Waals surface area contributed by atoms with Gasteiger partial charge in [-0.1, -0.05) is 18.2 Å². The molecule has 4 rings (SSSR count). The first-order chi connectivity index (χ1) is 11.6. The molecule has 0 aliphatic rings. The van der Waals surface area contributed by atoms with E-state index in [9.17, 15) is 5.26 Å². The van der Waals surface area contributed by atoms with Crippen molar-refractivity contribution in [1.29, 1.82) is 5.26 Å². The van der Waals surface area contributed by atoms with Crippen LogP contribution in [0, 0.1) is 25.2 Å². The average Bonchev–Trinajstić information content (AvgIpc) is 2.95. The molecule has 2 aromatic carbocycles. The third-order valence-corrected chi connectivity index (χ3v) is 4.50. The van der Waals surface area contributed by atoms with Crippen LogP contribution in [0.15, 0.2) is 53.1 Å². The van der Waals surface area contributed by atoms with Crippen LogP contribution in [0.1, 0.15) is 16.7 Å². The van der Waals surface area contributed by atoms with Crippen molar-refractivity contribution in [2.24, 2.45) is 7.05 Å². The van der Waals surface area contributed by atoms with Crippen LogP contribution in [0.3, 0.4) is 0 Å². The summed E-state index contributed by atoms with van der Waals surface area (Å²) in [6.45, 7) is 4.13. The maximum absolute atomic E-state index is 9.52. The summed E-state index contributed by atoms with van der Waals surface area (Å²) in [4.78, 5) is 0. The summed E-state index contributed by atoms with van der Waals surface area (Å²) in [5.74, 6) is 0. The first-order valence-electron chi connectivity index (χ1n) is 7.91. The molecule has 0 N–H and O–H groups in total. The van der Waals surface area contributed by atoms with Crippen molar-refractivity contribution in [2.75, 3.05) is 0 Å². The van der Waals surface area contributed by atoms with Gasteiger partial charge < -0.3 is 4.42 Å². The Kier molecular flexibility index (Phi) is 3.14. The van der Waals surface area contributed by atoms with Crippen LogP contribution in [-0.4, -0.2) is 0 Å². The lowest BCUT2D eigenvalue weighted by atomic mass is 9.95. The SMILES string of the molecule is Cc1ccc(-c2c(C)cc(C#N)c3oc4ccccc4c23)[n+](C)c1. The normalized spacial score (nSPS) is 11.1. The number of nitrogens with zero attached hydrogens (tertiary/aromatic N) is 2. The van der Waals surface area contributed by atoms with E-state index < -0.39 is 0 Å². The van der Waals surface area contributed by atoms with Crippen molar-refractivity contribution in [1.82, 2.24) is 0 Å². The highest BCUT2D eigenvalue weighted by Crippen LogP contribution is 2.39. The van der Waals surface area contributed by atoms with Crippen LogP contribution in [0.5, 0.6) is 0 Å². The number of nitriles is 1. The van der Waals surface area contributed by atoms with Gasteiger partial charge in [-0.15, -0.1) is 0 Å². The lowest BCUT2D eigenvalue weighted by molar-refractivity contribution is -0.660. The van der Waals surface area contributed by atoms with Gasteiger partial charge in [0.2, 0.25) is 5.69 Å². The van der Waals surface area contributed by atoms with Gasteiger partial charge in [-0.05, 0) is 37.6 Å². The van der Waals surface area contributed by atoms with Gasteiger partial charge >= 0.3 is 0 Å². The minimum absolute atomic E-state index is 0.581. The Hall–Kier alpha value is -3.12. The number of aryl methyl sites for hydroxylation is 3. The van der Waals surface area contributed by atoms with E-state index >= 15 is 0 Å². The van der Waals surface area contributed by atoms with Gasteiger partial charge in [0.05, 0.1) is 11.1 Å². The van der Waals surface area contributed by atoms with E-state index in [-0.39, 0.29) is 0 Å². The number of benzene rings is 2. The zero-order chi connectivity index (χ0) is 16.8. The Bertz CT molecular complexity index is 1150. The molecular formula is C21H17N2O+. The first-order valence-corrected chi connectivity index (χ1v) is 7.91. The molecule has 0 aliphatic carbocycles. The molecule has 0 fully saturated rings. The molecule has 0 aliphatic heterocycles. The fraction of sp³-hybridized carbons (Fsp3) is 0.143. The van der Waals surface area contributed by atoms with Gasteiger partial charge in [-0.3, -0.25) is 0 Å². The van der Waals surface area contributed by atoms with Gasteiger partial charge in [0.15, 0.2) is 11.8 Å². The summed E-state index contributed by atoms with van der Waals surface area (Å²) >= 11 is 0. The Labute approximate surface area is 140 Å². The highest BCUT2D eigenvalue weighted by molar-refractivity contribution is 6.14. The van der Waals surface area contributed by atoms with Crippen molar-refractivity contribution in [3.8, 4) is 17.3 Å². The second-order valence-electron chi connectivity index (χ2n) is 6.23. The van der Waals surface area contributed by atoms with Gasteiger partial charge in [0, 0.05) is 22.4 Å². The van der Waals surface area contributed by atoms with Crippen molar-refractivity contribution >= 4 is 21.9 Å². The summed E-state index contributed by atoms with van der Waals surface area (Å²) in [6, 6.07) is 16.4.